The van der Waals surface area contributed by atoms with Crippen LogP contribution in [0.4, 0.5) is 11.5 Å². The highest BCUT2D eigenvalue weighted by Gasteiger charge is 2.08. The van der Waals surface area contributed by atoms with Crippen molar-refractivity contribution in [2.75, 3.05) is 32.5 Å². The summed E-state index contributed by atoms with van der Waals surface area (Å²) in [6.07, 6.45) is 2.54. The molecular weight excluding hydrogens is 312 g/mol. The van der Waals surface area contributed by atoms with Crippen LogP contribution in [0.2, 0.25) is 0 Å². The van der Waals surface area contributed by atoms with Crippen molar-refractivity contribution in [1.82, 2.24) is 15.2 Å². The minimum absolute atomic E-state index is 0.0829. The summed E-state index contributed by atoms with van der Waals surface area (Å²) >= 11 is 0. The maximum Gasteiger partial charge on any atom is 0.252 e. The van der Waals surface area contributed by atoms with E-state index in [2.05, 4.69) is 53.4 Å². The molecule has 2 rings (SSSR count). The SMILES string of the molecule is Cc1cc(C)c(Nc2ccc(C(=O)NCCCN(C)C)cn2)c(C)c1. The Bertz CT molecular complexity index is 700. The molecule has 5 nitrogen and oxygen atoms in total. The molecule has 0 aliphatic heterocycles. The summed E-state index contributed by atoms with van der Waals surface area (Å²) < 4.78 is 0. The number of pyridine rings is 1. The Morgan fingerprint density at radius 2 is 1.80 bits per heavy atom. The van der Waals surface area contributed by atoms with Crippen LogP contribution in [0.15, 0.2) is 30.5 Å². The third kappa shape index (κ3) is 5.57. The lowest BCUT2D eigenvalue weighted by Crippen LogP contribution is -2.27. The van der Waals surface area contributed by atoms with E-state index in [0.29, 0.717) is 12.1 Å². The summed E-state index contributed by atoms with van der Waals surface area (Å²) in [4.78, 5) is 18.6. The van der Waals surface area contributed by atoms with Crippen molar-refractivity contribution in [3.8, 4) is 0 Å². The van der Waals surface area contributed by atoms with Gasteiger partial charge in [-0.2, -0.15) is 0 Å². The summed E-state index contributed by atoms with van der Waals surface area (Å²) in [6.45, 7) is 7.87. The van der Waals surface area contributed by atoms with Crippen molar-refractivity contribution in [2.24, 2.45) is 0 Å². The molecule has 1 aromatic heterocycles. The third-order valence-corrected chi connectivity index (χ3v) is 4.02. The number of carbonyl (C=O) groups is 1. The minimum Gasteiger partial charge on any atom is -0.352 e. The number of nitrogens with one attached hydrogen (secondary N) is 2. The van der Waals surface area contributed by atoms with Gasteiger partial charge in [-0.25, -0.2) is 4.98 Å². The lowest BCUT2D eigenvalue weighted by Gasteiger charge is -2.13. The number of carbonyl (C=O) groups excluding carboxylic acids is 1. The number of amides is 1. The van der Waals surface area contributed by atoms with Crippen molar-refractivity contribution in [3.05, 3.63) is 52.7 Å². The van der Waals surface area contributed by atoms with Crippen LogP contribution in [0.3, 0.4) is 0 Å². The van der Waals surface area contributed by atoms with Crippen LogP contribution < -0.4 is 10.6 Å². The first-order valence-corrected chi connectivity index (χ1v) is 8.60. The molecule has 2 aromatic rings. The van der Waals surface area contributed by atoms with Crippen LogP contribution in [0, 0.1) is 20.8 Å². The molecule has 0 unspecified atom stereocenters. The average molecular weight is 340 g/mol. The summed E-state index contributed by atoms with van der Waals surface area (Å²) in [5, 5.41) is 6.27. The fraction of sp³-hybridized carbons (Fsp3) is 0.400. The molecule has 0 spiro atoms. The van der Waals surface area contributed by atoms with Gasteiger partial charge in [0, 0.05) is 18.4 Å². The molecule has 5 heteroatoms. The van der Waals surface area contributed by atoms with Gasteiger partial charge in [0.25, 0.3) is 5.91 Å². The topological polar surface area (TPSA) is 57.3 Å². The van der Waals surface area contributed by atoms with Gasteiger partial charge in [-0.3, -0.25) is 4.79 Å². The van der Waals surface area contributed by atoms with E-state index in [9.17, 15) is 4.79 Å². The molecule has 1 amide bonds. The number of benzene rings is 1. The predicted octanol–water partition coefficient (Wildman–Crippen LogP) is 3.43. The van der Waals surface area contributed by atoms with Crippen molar-refractivity contribution in [2.45, 2.75) is 27.2 Å². The molecule has 0 saturated heterocycles. The minimum atomic E-state index is -0.0829. The molecule has 0 aliphatic carbocycles. The lowest BCUT2D eigenvalue weighted by atomic mass is 10.1. The maximum absolute atomic E-state index is 12.1. The van der Waals surface area contributed by atoms with Gasteiger partial charge < -0.3 is 15.5 Å². The first-order valence-electron chi connectivity index (χ1n) is 8.60. The molecule has 0 radical (unpaired) electrons. The van der Waals surface area contributed by atoms with Gasteiger partial charge in [-0.15, -0.1) is 0 Å². The Balaban J connectivity index is 1.97. The molecule has 0 saturated carbocycles. The van der Waals surface area contributed by atoms with Crippen molar-refractivity contribution >= 4 is 17.4 Å². The van der Waals surface area contributed by atoms with Crippen LogP contribution in [0.25, 0.3) is 0 Å². The Hall–Kier alpha value is -2.40. The summed E-state index contributed by atoms with van der Waals surface area (Å²) in [7, 11) is 4.05. The molecule has 134 valence electrons. The summed E-state index contributed by atoms with van der Waals surface area (Å²) in [6, 6.07) is 7.93. The number of rotatable bonds is 7. The van der Waals surface area contributed by atoms with Gasteiger partial charge in [-0.05, 0) is 71.1 Å². The quantitative estimate of drug-likeness (QED) is 0.758. The highest BCUT2D eigenvalue weighted by atomic mass is 16.1. The Morgan fingerprint density at radius 1 is 1.12 bits per heavy atom. The van der Waals surface area contributed by atoms with Crippen molar-refractivity contribution in [3.63, 3.8) is 0 Å². The maximum atomic E-state index is 12.1. The second kappa shape index (κ2) is 8.62. The van der Waals surface area contributed by atoms with Crippen LogP contribution in [-0.4, -0.2) is 43.0 Å². The number of hydrogen-bond acceptors (Lipinski definition) is 4. The fourth-order valence-corrected chi connectivity index (χ4v) is 2.81. The predicted molar refractivity (Wildman–Crippen MR) is 104 cm³/mol. The average Bonchev–Trinajstić information content (AvgIpc) is 2.55. The van der Waals surface area contributed by atoms with Gasteiger partial charge in [0.05, 0.1) is 5.56 Å². The van der Waals surface area contributed by atoms with E-state index in [-0.39, 0.29) is 5.91 Å². The lowest BCUT2D eigenvalue weighted by molar-refractivity contribution is 0.0952. The largest absolute Gasteiger partial charge is 0.352 e. The molecule has 1 heterocycles. The van der Waals surface area contributed by atoms with E-state index in [1.165, 1.54) is 16.7 Å². The van der Waals surface area contributed by atoms with E-state index >= 15 is 0 Å². The summed E-state index contributed by atoms with van der Waals surface area (Å²) in [5.41, 5.74) is 5.26. The Morgan fingerprint density at radius 3 is 2.36 bits per heavy atom. The summed E-state index contributed by atoms with van der Waals surface area (Å²) in [5.74, 6) is 0.653. The van der Waals surface area contributed by atoms with Gasteiger partial charge in [0.1, 0.15) is 5.82 Å². The van der Waals surface area contributed by atoms with Crippen molar-refractivity contribution in [1.29, 1.82) is 0 Å². The standard InChI is InChI=1S/C20H28N4O/c1-14-11-15(2)19(16(3)12-14)23-18-8-7-17(13-22-18)20(25)21-9-6-10-24(4)5/h7-8,11-13H,6,9-10H2,1-5H3,(H,21,25)(H,22,23). The first kappa shape index (κ1) is 18.9. The van der Waals surface area contributed by atoms with E-state index < -0.39 is 0 Å². The first-order chi connectivity index (χ1) is 11.9. The van der Waals surface area contributed by atoms with Gasteiger partial charge in [-0.1, -0.05) is 17.7 Å². The highest BCUT2D eigenvalue weighted by Crippen LogP contribution is 2.25. The number of nitrogens with zero attached hydrogens (tertiary/aromatic N) is 2. The van der Waals surface area contributed by atoms with Crippen LogP contribution in [0.1, 0.15) is 33.5 Å². The fourth-order valence-electron chi connectivity index (χ4n) is 2.81. The van der Waals surface area contributed by atoms with E-state index in [1.807, 2.05) is 20.2 Å². The zero-order chi connectivity index (χ0) is 18.4. The molecule has 0 fully saturated rings. The number of aryl methyl sites for hydroxylation is 3. The molecular formula is C20H28N4O. The zero-order valence-electron chi connectivity index (χ0n) is 15.8. The van der Waals surface area contributed by atoms with Crippen LogP contribution in [-0.2, 0) is 0 Å². The van der Waals surface area contributed by atoms with E-state index in [1.54, 1.807) is 12.3 Å². The third-order valence-electron chi connectivity index (χ3n) is 4.02. The molecule has 0 bridgehead atoms. The Labute approximate surface area is 150 Å². The second-order valence-corrected chi connectivity index (χ2v) is 6.74. The molecule has 0 aliphatic rings. The van der Waals surface area contributed by atoms with Gasteiger partial charge >= 0.3 is 0 Å². The molecule has 2 N–H and O–H groups in total. The van der Waals surface area contributed by atoms with E-state index in [0.717, 1.165) is 24.5 Å². The van der Waals surface area contributed by atoms with Crippen molar-refractivity contribution < 1.29 is 4.79 Å². The van der Waals surface area contributed by atoms with E-state index in [4.69, 9.17) is 0 Å². The highest BCUT2D eigenvalue weighted by molar-refractivity contribution is 5.94. The molecule has 0 atom stereocenters. The molecule has 1 aromatic carbocycles. The molecule has 25 heavy (non-hydrogen) atoms. The van der Waals surface area contributed by atoms with Crippen LogP contribution >= 0.6 is 0 Å². The number of hydrogen-bond donors (Lipinski definition) is 2. The van der Waals surface area contributed by atoms with Crippen LogP contribution in [0.5, 0.6) is 0 Å². The Kier molecular flexibility index (Phi) is 6.53. The number of aromatic nitrogens is 1. The van der Waals surface area contributed by atoms with Gasteiger partial charge in [0.2, 0.25) is 0 Å². The number of anilines is 2. The second-order valence-electron chi connectivity index (χ2n) is 6.74. The zero-order valence-corrected chi connectivity index (χ0v) is 15.8. The monoisotopic (exact) mass is 340 g/mol. The van der Waals surface area contributed by atoms with Gasteiger partial charge in [0.15, 0.2) is 0 Å². The smallest absolute Gasteiger partial charge is 0.252 e. The normalized spacial score (nSPS) is 10.8.